The van der Waals surface area contributed by atoms with Gasteiger partial charge in [0.2, 0.25) is 0 Å². The Morgan fingerprint density at radius 1 is 1.07 bits per heavy atom. The number of carbonyl (C=O) groups excluding carboxylic acids is 1. The van der Waals surface area contributed by atoms with Gasteiger partial charge in [-0.15, -0.1) is 0 Å². The molecular weight excluding hydrogens is 366 g/mol. The zero-order valence-electron chi connectivity index (χ0n) is 15.0. The highest BCUT2D eigenvalue weighted by atomic mass is 32.2. The molecule has 2 bridgehead atoms. The van der Waals surface area contributed by atoms with E-state index >= 15 is 0 Å². The Labute approximate surface area is 157 Å². The van der Waals surface area contributed by atoms with Crippen LogP contribution in [0.4, 0.5) is 4.79 Å². The Balaban J connectivity index is 1.53. The van der Waals surface area contributed by atoms with Crippen LogP contribution in [0.15, 0.2) is 52.2 Å². The Kier molecular flexibility index (Phi) is 4.30. The van der Waals surface area contributed by atoms with E-state index < -0.39 is 16.1 Å². The van der Waals surface area contributed by atoms with Gasteiger partial charge in [-0.25, -0.2) is 17.9 Å². The Bertz CT molecular complexity index is 1040. The Morgan fingerprint density at radius 3 is 2.56 bits per heavy atom. The third-order valence-electron chi connectivity index (χ3n) is 5.32. The molecule has 1 aromatic carbocycles. The highest BCUT2D eigenvalue weighted by Crippen LogP contribution is 2.34. The predicted octanol–water partition coefficient (Wildman–Crippen LogP) is 1.67. The lowest BCUT2D eigenvalue weighted by Crippen LogP contribution is -2.52. The molecule has 0 unspecified atom stereocenters. The summed E-state index contributed by atoms with van der Waals surface area (Å²) < 4.78 is 28.9. The van der Waals surface area contributed by atoms with Crippen molar-refractivity contribution < 1.29 is 13.2 Å². The van der Waals surface area contributed by atoms with E-state index in [0.29, 0.717) is 19.6 Å². The molecule has 1 saturated heterocycles. The summed E-state index contributed by atoms with van der Waals surface area (Å²) in [6.45, 7) is 3.26. The van der Waals surface area contributed by atoms with Gasteiger partial charge in [0.15, 0.2) is 0 Å². The van der Waals surface area contributed by atoms with E-state index in [-0.39, 0.29) is 22.3 Å². The second kappa shape index (κ2) is 6.53. The molecule has 27 heavy (non-hydrogen) atoms. The molecule has 2 amide bonds. The first-order valence-electron chi connectivity index (χ1n) is 8.91. The van der Waals surface area contributed by atoms with Crippen LogP contribution < -0.4 is 10.3 Å². The number of carbonyl (C=O) groups is 1. The van der Waals surface area contributed by atoms with Gasteiger partial charge in [0, 0.05) is 37.3 Å². The highest BCUT2D eigenvalue weighted by molar-refractivity contribution is 7.90. The van der Waals surface area contributed by atoms with Crippen molar-refractivity contribution >= 4 is 16.1 Å². The molecule has 0 spiro atoms. The van der Waals surface area contributed by atoms with E-state index in [1.807, 2.05) is 13.0 Å². The molecule has 142 valence electrons. The van der Waals surface area contributed by atoms with Gasteiger partial charge in [0.1, 0.15) is 0 Å². The van der Waals surface area contributed by atoms with Crippen molar-refractivity contribution in [1.29, 1.82) is 0 Å². The van der Waals surface area contributed by atoms with Crippen molar-refractivity contribution in [2.45, 2.75) is 30.7 Å². The number of urea groups is 1. The molecule has 4 rings (SSSR count). The minimum atomic E-state index is -3.91. The first kappa shape index (κ1) is 17.8. The molecule has 2 aromatic rings. The lowest BCUT2D eigenvalue weighted by atomic mass is 9.83. The lowest BCUT2D eigenvalue weighted by molar-refractivity contribution is 0.134. The van der Waals surface area contributed by atoms with Gasteiger partial charge in [0.05, 0.1) is 4.90 Å². The van der Waals surface area contributed by atoms with Gasteiger partial charge in [-0.2, -0.15) is 0 Å². The maximum Gasteiger partial charge on any atom is 0.331 e. The average molecular weight is 387 g/mol. The summed E-state index contributed by atoms with van der Waals surface area (Å²) >= 11 is 0. The molecule has 1 aromatic heterocycles. The normalized spacial score (nSPS) is 21.4. The van der Waals surface area contributed by atoms with E-state index in [1.165, 1.54) is 12.1 Å². The number of piperidine rings is 1. The SMILES string of the molecule is Cc1ccc(S(=O)(=O)NC(=O)N2C[C@H]3C[C@@H](C2)c2cccc(=O)n2C3)cc1. The van der Waals surface area contributed by atoms with Crippen LogP contribution in [0.5, 0.6) is 0 Å². The Morgan fingerprint density at radius 2 is 1.81 bits per heavy atom. The number of rotatable bonds is 2. The number of aryl methyl sites for hydroxylation is 1. The van der Waals surface area contributed by atoms with Gasteiger partial charge < -0.3 is 9.47 Å². The van der Waals surface area contributed by atoms with Gasteiger partial charge in [-0.05, 0) is 37.5 Å². The van der Waals surface area contributed by atoms with E-state index in [1.54, 1.807) is 33.7 Å². The molecule has 0 saturated carbocycles. The van der Waals surface area contributed by atoms with Crippen molar-refractivity contribution in [3.63, 3.8) is 0 Å². The lowest BCUT2D eigenvalue weighted by Gasteiger charge is -2.42. The summed E-state index contributed by atoms with van der Waals surface area (Å²) in [4.78, 5) is 26.3. The summed E-state index contributed by atoms with van der Waals surface area (Å²) in [5, 5.41) is 0. The first-order valence-corrected chi connectivity index (χ1v) is 10.4. The molecular formula is C19H21N3O4S. The number of nitrogens with one attached hydrogen (secondary N) is 1. The zero-order valence-corrected chi connectivity index (χ0v) is 15.8. The number of amides is 2. The second-order valence-electron chi connectivity index (χ2n) is 7.33. The molecule has 1 N–H and O–H groups in total. The first-order chi connectivity index (χ1) is 12.8. The maximum absolute atomic E-state index is 12.6. The Hall–Kier alpha value is -2.61. The fraction of sp³-hybridized carbons (Fsp3) is 0.368. The summed E-state index contributed by atoms with van der Waals surface area (Å²) in [5.41, 5.74) is 1.83. The molecule has 3 heterocycles. The van der Waals surface area contributed by atoms with Crippen molar-refractivity contribution in [2.75, 3.05) is 13.1 Å². The fourth-order valence-corrected chi connectivity index (χ4v) is 4.99. The standard InChI is InChI=1S/C19H21N3O4S/c1-13-5-7-16(8-6-13)27(25,26)20-19(24)21-10-14-9-15(12-21)17-3-2-4-18(23)22(17)11-14/h2-8,14-15H,9-12H2,1H3,(H,20,24)/t14-,15+/m1/s1. The van der Waals surface area contributed by atoms with Crippen LogP contribution in [0.1, 0.15) is 23.6 Å². The number of sulfonamides is 1. The molecule has 8 heteroatoms. The average Bonchev–Trinajstić information content (AvgIpc) is 2.62. The molecule has 1 fully saturated rings. The van der Waals surface area contributed by atoms with Crippen molar-refractivity contribution in [3.05, 3.63) is 64.1 Å². The molecule has 2 aliphatic rings. The summed E-state index contributed by atoms with van der Waals surface area (Å²) in [6, 6.07) is 10.9. The number of aromatic nitrogens is 1. The summed E-state index contributed by atoms with van der Waals surface area (Å²) in [7, 11) is -3.91. The van der Waals surface area contributed by atoms with Gasteiger partial charge in [-0.3, -0.25) is 4.79 Å². The van der Waals surface area contributed by atoms with E-state index in [9.17, 15) is 18.0 Å². The van der Waals surface area contributed by atoms with Crippen LogP contribution in [0.3, 0.4) is 0 Å². The van der Waals surface area contributed by atoms with Crippen molar-refractivity contribution in [3.8, 4) is 0 Å². The minimum Gasteiger partial charge on any atom is -0.323 e. The predicted molar refractivity (Wildman–Crippen MR) is 100 cm³/mol. The monoisotopic (exact) mass is 387 g/mol. The smallest absolute Gasteiger partial charge is 0.323 e. The number of fused-ring (bicyclic) bond motifs is 4. The number of likely N-dealkylation sites (tertiary alicyclic amines) is 1. The van der Waals surface area contributed by atoms with E-state index in [0.717, 1.165) is 17.7 Å². The van der Waals surface area contributed by atoms with Crippen LogP contribution in [0.25, 0.3) is 0 Å². The third kappa shape index (κ3) is 3.37. The van der Waals surface area contributed by atoms with Crippen LogP contribution >= 0.6 is 0 Å². The molecule has 0 aliphatic carbocycles. The number of hydrogen-bond donors (Lipinski definition) is 1. The summed E-state index contributed by atoms with van der Waals surface area (Å²) in [5.74, 6) is 0.184. The quantitative estimate of drug-likeness (QED) is 0.849. The fourth-order valence-electron chi connectivity index (χ4n) is 4.02. The van der Waals surface area contributed by atoms with Crippen LogP contribution in [0.2, 0.25) is 0 Å². The number of nitrogens with zero attached hydrogens (tertiary/aromatic N) is 2. The van der Waals surface area contributed by atoms with Crippen molar-refractivity contribution in [1.82, 2.24) is 14.2 Å². The second-order valence-corrected chi connectivity index (χ2v) is 9.01. The van der Waals surface area contributed by atoms with Gasteiger partial charge in [-0.1, -0.05) is 23.8 Å². The van der Waals surface area contributed by atoms with E-state index in [2.05, 4.69) is 4.72 Å². The topological polar surface area (TPSA) is 88.5 Å². The molecule has 7 nitrogen and oxygen atoms in total. The van der Waals surface area contributed by atoms with Crippen molar-refractivity contribution in [2.24, 2.45) is 5.92 Å². The zero-order chi connectivity index (χ0) is 19.2. The highest BCUT2D eigenvalue weighted by Gasteiger charge is 2.37. The molecule has 0 radical (unpaired) electrons. The molecule has 2 aliphatic heterocycles. The van der Waals surface area contributed by atoms with E-state index in [4.69, 9.17) is 0 Å². The van der Waals surface area contributed by atoms with Gasteiger partial charge >= 0.3 is 6.03 Å². The summed E-state index contributed by atoms with van der Waals surface area (Å²) in [6.07, 6.45) is 0.901. The number of benzene rings is 1. The molecule has 2 atom stereocenters. The number of pyridine rings is 1. The van der Waals surface area contributed by atoms with Crippen LogP contribution in [-0.2, 0) is 16.6 Å². The maximum atomic E-state index is 12.6. The van der Waals surface area contributed by atoms with Crippen LogP contribution in [0, 0.1) is 12.8 Å². The largest absolute Gasteiger partial charge is 0.331 e. The van der Waals surface area contributed by atoms with Gasteiger partial charge in [0.25, 0.3) is 15.6 Å². The third-order valence-corrected chi connectivity index (χ3v) is 6.66. The minimum absolute atomic E-state index is 0.0259. The number of hydrogen-bond acceptors (Lipinski definition) is 4. The van der Waals surface area contributed by atoms with Crippen LogP contribution in [-0.4, -0.2) is 37.0 Å².